The maximum atomic E-state index is 5.44. The molecule has 1 rings (SSSR count). The maximum absolute atomic E-state index is 5.44. The van der Waals surface area contributed by atoms with E-state index in [1.807, 2.05) is 18.3 Å². The van der Waals surface area contributed by atoms with Gasteiger partial charge in [-0.1, -0.05) is 19.9 Å². The molecular formula is C9H15ClN2. The van der Waals surface area contributed by atoms with Gasteiger partial charge in [-0.25, -0.2) is 0 Å². The predicted octanol–water partition coefficient (Wildman–Crippen LogP) is 2.09. The minimum Gasteiger partial charge on any atom is -0.326 e. The summed E-state index contributed by atoms with van der Waals surface area (Å²) in [6.07, 6.45) is 1.84. The van der Waals surface area contributed by atoms with Crippen molar-refractivity contribution in [2.75, 3.05) is 0 Å². The molecule has 3 heteroatoms. The third kappa shape index (κ3) is 2.80. The Bertz CT molecular complexity index is 218. The average molecular weight is 187 g/mol. The zero-order chi connectivity index (χ0) is 8.27. The van der Waals surface area contributed by atoms with Crippen molar-refractivity contribution in [3.8, 4) is 0 Å². The second-order valence-corrected chi connectivity index (χ2v) is 2.95. The molecule has 0 saturated carbocycles. The van der Waals surface area contributed by atoms with E-state index in [1.54, 1.807) is 0 Å². The molecule has 0 fully saturated rings. The summed E-state index contributed by atoms with van der Waals surface area (Å²) < 4.78 is 0. The van der Waals surface area contributed by atoms with Gasteiger partial charge in [0.15, 0.2) is 0 Å². The van der Waals surface area contributed by atoms with Crippen LogP contribution < -0.4 is 5.73 Å². The molecule has 0 aliphatic heterocycles. The van der Waals surface area contributed by atoms with Crippen LogP contribution in [0.3, 0.4) is 0 Å². The first-order valence-electron chi connectivity index (χ1n) is 3.89. The van der Waals surface area contributed by atoms with E-state index in [0.717, 1.165) is 11.3 Å². The van der Waals surface area contributed by atoms with E-state index in [1.165, 1.54) is 0 Å². The van der Waals surface area contributed by atoms with Crippen LogP contribution >= 0.6 is 12.4 Å². The number of nitrogens with two attached hydrogens (primary N) is 1. The summed E-state index contributed by atoms with van der Waals surface area (Å²) in [7, 11) is 0. The van der Waals surface area contributed by atoms with Crippen molar-refractivity contribution >= 4 is 12.4 Å². The number of pyridine rings is 1. The molecule has 0 spiro atoms. The second kappa shape index (κ2) is 5.12. The highest BCUT2D eigenvalue weighted by atomic mass is 35.5. The van der Waals surface area contributed by atoms with Crippen molar-refractivity contribution in [2.24, 2.45) is 5.73 Å². The fourth-order valence-electron chi connectivity index (χ4n) is 0.898. The Morgan fingerprint density at radius 2 is 2.08 bits per heavy atom. The molecule has 0 bridgehead atoms. The molecule has 1 aromatic rings. The molecule has 0 aliphatic rings. The number of rotatable bonds is 2. The highest BCUT2D eigenvalue weighted by Crippen LogP contribution is 2.10. The van der Waals surface area contributed by atoms with E-state index in [0.29, 0.717) is 12.5 Å². The fourth-order valence-corrected chi connectivity index (χ4v) is 0.898. The number of halogens is 1. The molecule has 1 aromatic heterocycles. The number of hydrogen-bond donors (Lipinski definition) is 1. The van der Waals surface area contributed by atoms with Crippen molar-refractivity contribution < 1.29 is 0 Å². The molecule has 0 atom stereocenters. The van der Waals surface area contributed by atoms with Crippen LogP contribution in [0.15, 0.2) is 18.3 Å². The summed E-state index contributed by atoms with van der Waals surface area (Å²) in [6, 6.07) is 4.06. The first kappa shape index (κ1) is 11.4. The Kier molecular flexibility index (Phi) is 4.86. The molecule has 2 N–H and O–H groups in total. The molecule has 0 aliphatic carbocycles. The van der Waals surface area contributed by atoms with Crippen LogP contribution in [0, 0.1) is 0 Å². The summed E-state index contributed by atoms with van der Waals surface area (Å²) in [5.41, 5.74) is 7.66. The van der Waals surface area contributed by atoms with Gasteiger partial charge in [0.05, 0.1) is 0 Å². The molecule has 0 unspecified atom stereocenters. The van der Waals surface area contributed by atoms with Crippen LogP contribution in [0.2, 0.25) is 0 Å². The summed E-state index contributed by atoms with van der Waals surface area (Å²) in [5.74, 6) is 0.502. The maximum Gasteiger partial charge on any atom is 0.0429 e. The normalized spacial score (nSPS) is 9.67. The first-order chi connectivity index (χ1) is 5.24. The van der Waals surface area contributed by atoms with E-state index in [9.17, 15) is 0 Å². The van der Waals surface area contributed by atoms with Gasteiger partial charge in [-0.05, 0) is 17.5 Å². The van der Waals surface area contributed by atoms with Gasteiger partial charge in [-0.15, -0.1) is 12.4 Å². The number of hydrogen-bond acceptors (Lipinski definition) is 2. The van der Waals surface area contributed by atoms with Gasteiger partial charge in [-0.2, -0.15) is 0 Å². The van der Waals surface area contributed by atoms with Gasteiger partial charge in [0.2, 0.25) is 0 Å². The van der Waals surface area contributed by atoms with Crippen LogP contribution in [0.4, 0.5) is 0 Å². The quantitative estimate of drug-likeness (QED) is 0.768. The Hall–Kier alpha value is -0.600. The van der Waals surface area contributed by atoms with E-state index in [-0.39, 0.29) is 12.4 Å². The lowest BCUT2D eigenvalue weighted by Crippen LogP contribution is -1.98. The second-order valence-electron chi connectivity index (χ2n) is 2.95. The Balaban J connectivity index is 0.00000121. The van der Waals surface area contributed by atoms with Crippen LogP contribution in [0.25, 0.3) is 0 Å². The zero-order valence-electron chi connectivity index (χ0n) is 7.45. The highest BCUT2D eigenvalue weighted by Gasteiger charge is 1.98. The molecule has 1 heterocycles. The average Bonchev–Trinajstić information content (AvgIpc) is 2.05. The summed E-state index contributed by atoms with van der Waals surface area (Å²) in [6.45, 7) is 4.83. The predicted molar refractivity (Wildman–Crippen MR) is 53.5 cm³/mol. The molecular weight excluding hydrogens is 172 g/mol. The number of aromatic nitrogens is 1. The van der Waals surface area contributed by atoms with Crippen molar-refractivity contribution in [2.45, 2.75) is 26.3 Å². The van der Waals surface area contributed by atoms with Crippen LogP contribution in [0.1, 0.15) is 31.0 Å². The fraction of sp³-hybridized carbons (Fsp3) is 0.444. The minimum atomic E-state index is 0. The number of nitrogens with zero attached hydrogens (tertiary/aromatic N) is 1. The lowest BCUT2D eigenvalue weighted by atomic mass is 10.1. The van der Waals surface area contributed by atoms with Crippen LogP contribution in [-0.2, 0) is 6.54 Å². The van der Waals surface area contributed by atoms with Gasteiger partial charge in [0, 0.05) is 18.4 Å². The van der Waals surface area contributed by atoms with E-state index in [2.05, 4.69) is 18.8 Å². The Morgan fingerprint density at radius 3 is 2.42 bits per heavy atom. The summed E-state index contributed by atoms with van der Waals surface area (Å²) in [5, 5.41) is 0. The SMILES string of the molecule is CC(C)c1ccc(CN)cn1.Cl. The smallest absolute Gasteiger partial charge is 0.0429 e. The van der Waals surface area contributed by atoms with Crippen molar-refractivity contribution in [1.29, 1.82) is 0 Å². The lowest BCUT2D eigenvalue weighted by molar-refractivity contribution is 0.818. The van der Waals surface area contributed by atoms with Gasteiger partial charge in [0.25, 0.3) is 0 Å². The molecule has 2 nitrogen and oxygen atoms in total. The summed E-state index contributed by atoms with van der Waals surface area (Å²) >= 11 is 0. The third-order valence-corrected chi connectivity index (χ3v) is 1.67. The Morgan fingerprint density at radius 1 is 1.42 bits per heavy atom. The van der Waals surface area contributed by atoms with Gasteiger partial charge >= 0.3 is 0 Å². The van der Waals surface area contributed by atoms with Gasteiger partial charge < -0.3 is 5.73 Å². The van der Waals surface area contributed by atoms with Crippen molar-refractivity contribution in [3.05, 3.63) is 29.6 Å². The van der Waals surface area contributed by atoms with Crippen molar-refractivity contribution in [1.82, 2.24) is 4.98 Å². The van der Waals surface area contributed by atoms with Crippen molar-refractivity contribution in [3.63, 3.8) is 0 Å². The molecule has 0 amide bonds. The first-order valence-corrected chi connectivity index (χ1v) is 3.89. The molecule has 0 saturated heterocycles. The van der Waals surface area contributed by atoms with Gasteiger partial charge in [0.1, 0.15) is 0 Å². The summed E-state index contributed by atoms with van der Waals surface area (Å²) in [4.78, 5) is 4.27. The third-order valence-electron chi connectivity index (χ3n) is 1.67. The van der Waals surface area contributed by atoms with E-state index in [4.69, 9.17) is 5.73 Å². The van der Waals surface area contributed by atoms with Crippen LogP contribution in [-0.4, -0.2) is 4.98 Å². The van der Waals surface area contributed by atoms with E-state index < -0.39 is 0 Å². The molecule has 68 valence electrons. The monoisotopic (exact) mass is 186 g/mol. The highest BCUT2D eigenvalue weighted by molar-refractivity contribution is 5.85. The molecule has 0 aromatic carbocycles. The van der Waals surface area contributed by atoms with E-state index >= 15 is 0 Å². The standard InChI is InChI=1S/C9H14N2.ClH/c1-7(2)9-4-3-8(5-10)6-11-9;/h3-4,6-7H,5,10H2,1-2H3;1H. The Labute approximate surface area is 79.6 Å². The van der Waals surface area contributed by atoms with Crippen LogP contribution in [0.5, 0.6) is 0 Å². The van der Waals surface area contributed by atoms with Gasteiger partial charge in [-0.3, -0.25) is 4.98 Å². The zero-order valence-corrected chi connectivity index (χ0v) is 8.27. The minimum absolute atomic E-state index is 0. The topological polar surface area (TPSA) is 38.9 Å². The molecule has 0 radical (unpaired) electrons. The molecule has 12 heavy (non-hydrogen) atoms. The lowest BCUT2D eigenvalue weighted by Gasteiger charge is -2.03. The largest absolute Gasteiger partial charge is 0.326 e.